The molecule has 1 N–H and O–H groups in total. The highest BCUT2D eigenvalue weighted by atomic mass is 35.5. The van der Waals surface area contributed by atoms with Crippen LogP contribution in [0.15, 0.2) is 39.6 Å². The summed E-state index contributed by atoms with van der Waals surface area (Å²) in [5.74, 6) is 0.711. The Morgan fingerprint density at radius 1 is 1.25 bits per heavy atom. The lowest BCUT2D eigenvalue weighted by Crippen LogP contribution is -2.36. The standard InChI is InChI=1S/C19H19ClN4O3S/c20-18-2-1-17(27-18)19(26)23-7-12-5-15(16(25)6-13(12)8-23)24-9-14(21-22-24)11-3-4-28-10-11/h1-4,9-10,12-13,15-16,25H,5-8H2/t12-,13+,15-,16-/m1/s1. The van der Waals surface area contributed by atoms with Crippen LogP contribution in [0.2, 0.25) is 5.22 Å². The first kappa shape index (κ1) is 17.9. The number of hydrogen-bond acceptors (Lipinski definition) is 6. The first-order valence-electron chi connectivity index (χ1n) is 9.25. The third kappa shape index (κ3) is 3.15. The fraction of sp³-hybridized carbons (Fsp3) is 0.421. The van der Waals surface area contributed by atoms with Crippen molar-refractivity contribution < 1.29 is 14.3 Å². The quantitative estimate of drug-likeness (QED) is 0.705. The first-order valence-corrected chi connectivity index (χ1v) is 10.6. The van der Waals surface area contributed by atoms with E-state index in [4.69, 9.17) is 16.0 Å². The minimum atomic E-state index is -0.508. The lowest BCUT2D eigenvalue weighted by Gasteiger charge is -2.34. The van der Waals surface area contributed by atoms with E-state index in [9.17, 15) is 9.90 Å². The van der Waals surface area contributed by atoms with Crippen molar-refractivity contribution in [2.24, 2.45) is 11.8 Å². The van der Waals surface area contributed by atoms with Gasteiger partial charge in [0.2, 0.25) is 0 Å². The van der Waals surface area contributed by atoms with Gasteiger partial charge in [-0.05, 0) is 59.9 Å². The van der Waals surface area contributed by atoms with Gasteiger partial charge in [0.25, 0.3) is 5.91 Å². The summed E-state index contributed by atoms with van der Waals surface area (Å²) in [6.07, 6.45) is 2.80. The molecule has 3 aromatic heterocycles. The number of likely N-dealkylation sites (tertiary alicyclic amines) is 1. The highest BCUT2D eigenvalue weighted by molar-refractivity contribution is 7.08. The Balaban J connectivity index is 1.31. The number of carbonyl (C=O) groups excluding carboxylic acids is 1. The van der Waals surface area contributed by atoms with E-state index in [1.165, 1.54) is 0 Å². The summed E-state index contributed by atoms with van der Waals surface area (Å²) >= 11 is 7.41. The van der Waals surface area contributed by atoms with Gasteiger partial charge in [0.05, 0.1) is 18.3 Å². The molecule has 1 aliphatic carbocycles. The summed E-state index contributed by atoms with van der Waals surface area (Å²) in [5.41, 5.74) is 1.85. The van der Waals surface area contributed by atoms with Crippen LogP contribution in [0.4, 0.5) is 0 Å². The molecule has 0 unspecified atom stereocenters. The molecule has 3 aromatic rings. The second kappa shape index (κ2) is 7.02. The number of aliphatic hydroxyl groups is 1. The van der Waals surface area contributed by atoms with Crippen molar-refractivity contribution in [1.29, 1.82) is 0 Å². The minimum Gasteiger partial charge on any atom is -0.440 e. The maximum absolute atomic E-state index is 12.7. The first-order chi connectivity index (χ1) is 13.6. The van der Waals surface area contributed by atoms with E-state index in [0.717, 1.165) is 17.7 Å². The van der Waals surface area contributed by atoms with Crippen molar-refractivity contribution in [3.63, 3.8) is 0 Å². The zero-order valence-corrected chi connectivity index (χ0v) is 16.5. The molecule has 5 rings (SSSR count). The van der Waals surface area contributed by atoms with Crippen molar-refractivity contribution >= 4 is 28.8 Å². The maximum Gasteiger partial charge on any atom is 0.289 e. The largest absolute Gasteiger partial charge is 0.440 e. The van der Waals surface area contributed by atoms with E-state index in [1.807, 2.05) is 23.0 Å². The van der Waals surface area contributed by atoms with Gasteiger partial charge in [0, 0.05) is 24.0 Å². The molecule has 2 fully saturated rings. The van der Waals surface area contributed by atoms with Crippen LogP contribution in [0.3, 0.4) is 0 Å². The second-order valence-electron chi connectivity index (χ2n) is 7.54. The fourth-order valence-corrected chi connectivity index (χ4v) is 5.22. The molecule has 4 heterocycles. The molecular formula is C19H19ClN4O3S. The third-order valence-corrected chi connectivity index (χ3v) is 6.73. The van der Waals surface area contributed by atoms with Crippen molar-refractivity contribution in [3.05, 3.63) is 46.1 Å². The zero-order chi connectivity index (χ0) is 19.3. The molecule has 1 saturated heterocycles. The zero-order valence-electron chi connectivity index (χ0n) is 14.9. The number of furan rings is 1. The summed E-state index contributed by atoms with van der Waals surface area (Å²) in [5, 5.41) is 23.5. The van der Waals surface area contributed by atoms with E-state index >= 15 is 0 Å². The van der Waals surface area contributed by atoms with E-state index < -0.39 is 6.10 Å². The average molecular weight is 419 g/mol. The van der Waals surface area contributed by atoms with E-state index in [-0.39, 0.29) is 28.8 Å². The van der Waals surface area contributed by atoms with Crippen molar-refractivity contribution in [2.75, 3.05) is 13.1 Å². The van der Waals surface area contributed by atoms with E-state index in [1.54, 1.807) is 33.1 Å². The third-order valence-electron chi connectivity index (χ3n) is 5.85. The average Bonchev–Trinajstić information content (AvgIpc) is 3.45. The predicted molar refractivity (Wildman–Crippen MR) is 104 cm³/mol. The summed E-state index contributed by atoms with van der Waals surface area (Å²) in [6.45, 7) is 1.28. The molecule has 1 aliphatic heterocycles. The van der Waals surface area contributed by atoms with Crippen molar-refractivity contribution in [2.45, 2.75) is 25.0 Å². The molecule has 2 aliphatic rings. The highest BCUT2D eigenvalue weighted by Crippen LogP contribution is 2.41. The SMILES string of the molecule is O=C(c1ccc(Cl)o1)N1C[C@H]2C[C@@H](n3cc(-c4ccsc4)nn3)[C@H](O)C[C@H]2C1. The minimum absolute atomic E-state index is 0.130. The van der Waals surface area contributed by atoms with Crippen LogP contribution in [-0.4, -0.2) is 50.1 Å². The molecule has 1 saturated carbocycles. The van der Waals surface area contributed by atoms with Gasteiger partial charge in [-0.25, -0.2) is 4.68 Å². The number of hydrogen-bond donors (Lipinski definition) is 1. The molecule has 9 heteroatoms. The highest BCUT2D eigenvalue weighted by Gasteiger charge is 2.44. The Labute approximate surface area is 170 Å². The van der Waals surface area contributed by atoms with E-state index in [0.29, 0.717) is 25.4 Å². The van der Waals surface area contributed by atoms with Crippen LogP contribution >= 0.6 is 22.9 Å². The number of halogens is 1. The Bertz CT molecular complexity index is 985. The molecular weight excluding hydrogens is 400 g/mol. The van der Waals surface area contributed by atoms with Gasteiger partial charge in [0.15, 0.2) is 11.0 Å². The summed E-state index contributed by atoms with van der Waals surface area (Å²) in [4.78, 5) is 14.5. The van der Waals surface area contributed by atoms with Crippen molar-refractivity contribution in [3.8, 4) is 11.3 Å². The number of thiophene rings is 1. The Hall–Kier alpha value is -2.16. The van der Waals surface area contributed by atoms with Gasteiger partial charge in [-0.15, -0.1) is 5.10 Å². The van der Waals surface area contributed by atoms with Gasteiger partial charge in [-0.2, -0.15) is 11.3 Å². The Kier molecular flexibility index (Phi) is 4.49. The number of aromatic nitrogens is 3. The van der Waals surface area contributed by atoms with Gasteiger partial charge in [-0.1, -0.05) is 5.21 Å². The smallest absolute Gasteiger partial charge is 0.289 e. The maximum atomic E-state index is 12.7. The number of rotatable bonds is 3. The molecule has 0 radical (unpaired) electrons. The summed E-state index contributed by atoms with van der Waals surface area (Å²) < 4.78 is 7.05. The lowest BCUT2D eigenvalue weighted by molar-refractivity contribution is 0.0298. The Morgan fingerprint density at radius 2 is 2.07 bits per heavy atom. The number of carbonyl (C=O) groups is 1. The number of nitrogens with zero attached hydrogens (tertiary/aromatic N) is 4. The van der Waals surface area contributed by atoms with Crippen LogP contribution in [0.25, 0.3) is 11.3 Å². The van der Waals surface area contributed by atoms with Gasteiger partial charge >= 0.3 is 0 Å². The predicted octanol–water partition coefficient (Wildman–Crippen LogP) is 3.34. The molecule has 146 valence electrons. The molecule has 7 nitrogen and oxygen atoms in total. The van der Waals surface area contributed by atoms with Gasteiger partial charge < -0.3 is 14.4 Å². The van der Waals surface area contributed by atoms with Crippen LogP contribution in [0.1, 0.15) is 29.4 Å². The van der Waals surface area contributed by atoms with Gasteiger partial charge in [-0.3, -0.25) is 4.79 Å². The van der Waals surface area contributed by atoms with Crippen LogP contribution in [-0.2, 0) is 0 Å². The normalized spacial score (nSPS) is 27.1. The lowest BCUT2D eigenvalue weighted by atomic mass is 9.77. The number of aliphatic hydroxyl groups excluding tert-OH is 1. The summed E-state index contributed by atoms with van der Waals surface area (Å²) in [6, 6.07) is 5.06. The topological polar surface area (TPSA) is 84.4 Å². The van der Waals surface area contributed by atoms with Crippen LogP contribution in [0, 0.1) is 11.8 Å². The molecule has 0 spiro atoms. The fourth-order valence-electron chi connectivity index (χ4n) is 4.42. The monoisotopic (exact) mass is 418 g/mol. The van der Waals surface area contributed by atoms with Crippen LogP contribution in [0.5, 0.6) is 0 Å². The van der Waals surface area contributed by atoms with Crippen LogP contribution < -0.4 is 0 Å². The Morgan fingerprint density at radius 3 is 2.79 bits per heavy atom. The molecule has 0 aromatic carbocycles. The second-order valence-corrected chi connectivity index (χ2v) is 8.69. The van der Waals surface area contributed by atoms with Crippen molar-refractivity contribution in [1.82, 2.24) is 19.9 Å². The number of amides is 1. The number of fused-ring (bicyclic) bond motifs is 1. The molecule has 1 amide bonds. The molecule has 28 heavy (non-hydrogen) atoms. The molecule has 4 atom stereocenters. The summed E-state index contributed by atoms with van der Waals surface area (Å²) in [7, 11) is 0. The van der Waals surface area contributed by atoms with Gasteiger partial charge in [0.1, 0.15) is 5.69 Å². The molecule has 0 bridgehead atoms. The van der Waals surface area contributed by atoms with E-state index in [2.05, 4.69) is 10.3 Å².